The molecule has 1 saturated heterocycles. The zero-order valence-corrected chi connectivity index (χ0v) is 24.8. The van der Waals surface area contributed by atoms with E-state index in [0.29, 0.717) is 29.6 Å². The van der Waals surface area contributed by atoms with E-state index in [0.717, 1.165) is 27.7 Å². The van der Waals surface area contributed by atoms with E-state index in [4.69, 9.17) is 35.1 Å². The number of nitrogens with zero attached hydrogens (tertiary/aromatic N) is 2. The molecule has 0 aliphatic carbocycles. The number of methoxy groups -OCH3 is 1. The van der Waals surface area contributed by atoms with Crippen molar-refractivity contribution in [2.75, 3.05) is 13.7 Å². The summed E-state index contributed by atoms with van der Waals surface area (Å²) < 4.78 is 29.1. The van der Waals surface area contributed by atoms with E-state index in [1.54, 1.807) is 24.3 Å². The Balaban J connectivity index is 1.43. The molecule has 0 saturated carbocycles. The van der Waals surface area contributed by atoms with Crippen LogP contribution < -0.4 is 10.2 Å². The van der Waals surface area contributed by atoms with E-state index in [1.807, 2.05) is 58.0 Å². The van der Waals surface area contributed by atoms with Crippen molar-refractivity contribution in [1.82, 2.24) is 4.98 Å². The molecule has 0 N–H and O–H groups in total. The number of pyridine rings is 1. The normalized spacial score (nSPS) is 15.4. The zero-order valence-electron chi connectivity index (χ0n) is 24.0. The third-order valence-corrected chi connectivity index (χ3v) is 7.67. The van der Waals surface area contributed by atoms with Crippen LogP contribution in [0.1, 0.15) is 55.5 Å². The Hall–Kier alpha value is -3.42. The van der Waals surface area contributed by atoms with Crippen molar-refractivity contribution in [3.63, 3.8) is 0 Å². The van der Waals surface area contributed by atoms with Gasteiger partial charge in [-0.25, -0.2) is 4.98 Å². The van der Waals surface area contributed by atoms with E-state index in [-0.39, 0.29) is 25.6 Å². The highest BCUT2D eigenvalue weighted by atomic mass is 35.5. The molecule has 214 valence electrons. The zero-order chi connectivity index (χ0) is 29.6. The summed E-state index contributed by atoms with van der Waals surface area (Å²) in [6.45, 7) is 8.95. The SMILES string of the molecule is COC(=O)Cc1ccc(B2OC(C)(C)C(C)(C)O2)cc1COCCc1cc(COc2cccc(Cl)n2)ccc1C#N. The highest BCUT2D eigenvalue weighted by Gasteiger charge is 2.51. The maximum atomic E-state index is 12.1. The minimum Gasteiger partial charge on any atom is -0.473 e. The second kappa shape index (κ2) is 13.0. The van der Waals surface area contributed by atoms with Crippen molar-refractivity contribution in [3.05, 3.63) is 87.6 Å². The summed E-state index contributed by atoms with van der Waals surface area (Å²) in [5.74, 6) is 0.0950. The standard InChI is InChI=1S/C31H34BClN2O6/c1-30(2)31(3,4)41-32(40-30)26-12-11-22(17-29(36)37-5)25(16-26)20-38-14-13-23-15-21(9-10-24(23)18-34)19-39-28-8-6-7-27(33)35-28/h6-12,15-16H,13-14,17,19-20H2,1-5H3. The van der Waals surface area contributed by atoms with Crippen LogP contribution in [0.15, 0.2) is 54.6 Å². The van der Waals surface area contributed by atoms with Gasteiger partial charge < -0.3 is 23.5 Å². The van der Waals surface area contributed by atoms with Crippen LogP contribution in [0.3, 0.4) is 0 Å². The average Bonchev–Trinajstić information content (AvgIpc) is 3.16. The first kappa shape index (κ1) is 30.5. The van der Waals surface area contributed by atoms with Crippen LogP contribution >= 0.6 is 11.6 Å². The number of halogens is 1. The minimum absolute atomic E-state index is 0.126. The Kier molecular flexibility index (Phi) is 9.72. The summed E-state index contributed by atoms with van der Waals surface area (Å²) in [5, 5.41) is 9.98. The van der Waals surface area contributed by atoms with Gasteiger partial charge in [0.1, 0.15) is 11.8 Å². The lowest BCUT2D eigenvalue weighted by atomic mass is 9.77. The van der Waals surface area contributed by atoms with Crippen molar-refractivity contribution < 1.29 is 28.3 Å². The molecular formula is C31H34BClN2O6. The highest BCUT2D eigenvalue weighted by Crippen LogP contribution is 2.36. The van der Waals surface area contributed by atoms with Crippen LogP contribution in [0.4, 0.5) is 0 Å². The Morgan fingerprint density at radius 1 is 1.00 bits per heavy atom. The van der Waals surface area contributed by atoms with Crippen molar-refractivity contribution in [2.24, 2.45) is 0 Å². The Bertz CT molecular complexity index is 1420. The van der Waals surface area contributed by atoms with Crippen molar-refractivity contribution in [1.29, 1.82) is 5.26 Å². The Morgan fingerprint density at radius 2 is 1.76 bits per heavy atom. The number of hydrogen-bond donors (Lipinski definition) is 0. The molecule has 0 spiro atoms. The number of carbonyl (C=O) groups is 1. The van der Waals surface area contributed by atoms with E-state index in [2.05, 4.69) is 11.1 Å². The highest BCUT2D eigenvalue weighted by molar-refractivity contribution is 6.62. The molecule has 0 amide bonds. The molecule has 0 unspecified atom stereocenters. The van der Waals surface area contributed by atoms with Gasteiger partial charge in [0.2, 0.25) is 5.88 Å². The van der Waals surface area contributed by atoms with E-state index < -0.39 is 18.3 Å². The third kappa shape index (κ3) is 7.66. The predicted molar refractivity (Wildman–Crippen MR) is 156 cm³/mol. The molecule has 3 aromatic rings. The van der Waals surface area contributed by atoms with Gasteiger partial charge in [0.25, 0.3) is 0 Å². The topological polar surface area (TPSA) is 99.9 Å². The summed E-state index contributed by atoms with van der Waals surface area (Å²) in [6, 6.07) is 18.8. The lowest BCUT2D eigenvalue weighted by molar-refractivity contribution is -0.139. The van der Waals surface area contributed by atoms with Crippen LogP contribution in [0.25, 0.3) is 0 Å². The number of ether oxygens (including phenoxy) is 3. The first-order valence-corrected chi connectivity index (χ1v) is 13.8. The number of rotatable bonds is 11. The second-order valence-electron chi connectivity index (χ2n) is 10.9. The number of esters is 1. The Labute approximate surface area is 246 Å². The molecule has 10 heteroatoms. The fourth-order valence-electron chi connectivity index (χ4n) is 4.35. The number of carbonyl (C=O) groups excluding carboxylic acids is 1. The van der Waals surface area contributed by atoms with E-state index in [1.165, 1.54) is 7.11 Å². The van der Waals surface area contributed by atoms with E-state index in [9.17, 15) is 10.1 Å². The molecule has 2 aromatic carbocycles. The number of nitriles is 1. The van der Waals surface area contributed by atoms with Crippen LogP contribution in [0.2, 0.25) is 5.15 Å². The van der Waals surface area contributed by atoms with Gasteiger partial charge >= 0.3 is 13.1 Å². The molecule has 0 bridgehead atoms. The van der Waals surface area contributed by atoms with Gasteiger partial charge in [-0.2, -0.15) is 5.26 Å². The summed E-state index contributed by atoms with van der Waals surface area (Å²) in [5.41, 5.74) is 3.90. The molecule has 1 fully saturated rings. The van der Waals surface area contributed by atoms with Gasteiger partial charge in [-0.05, 0) is 74.0 Å². The summed E-state index contributed by atoms with van der Waals surface area (Å²) in [6.07, 6.45) is 0.649. The second-order valence-corrected chi connectivity index (χ2v) is 11.2. The third-order valence-electron chi connectivity index (χ3n) is 7.46. The van der Waals surface area contributed by atoms with Gasteiger partial charge in [0, 0.05) is 6.07 Å². The van der Waals surface area contributed by atoms with Crippen molar-refractivity contribution in [2.45, 2.75) is 65.0 Å². The van der Waals surface area contributed by atoms with Gasteiger partial charge in [-0.1, -0.05) is 48.0 Å². The van der Waals surface area contributed by atoms with Gasteiger partial charge in [-0.15, -0.1) is 0 Å². The molecule has 0 radical (unpaired) electrons. The first-order chi connectivity index (χ1) is 19.5. The number of benzene rings is 2. The van der Waals surface area contributed by atoms with Crippen molar-refractivity contribution >= 4 is 30.2 Å². The van der Waals surface area contributed by atoms with Crippen LogP contribution in [0.5, 0.6) is 5.88 Å². The molecule has 1 aliphatic rings. The molecule has 4 rings (SSSR count). The average molecular weight is 577 g/mol. The molecule has 1 aliphatic heterocycles. The molecule has 0 atom stereocenters. The van der Waals surface area contributed by atoms with Gasteiger partial charge in [0.15, 0.2) is 0 Å². The van der Waals surface area contributed by atoms with Crippen molar-refractivity contribution in [3.8, 4) is 11.9 Å². The summed E-state index contributed by atoms with van der Waals surface area (Å²) in [7, 11) is 0.838. The summed E-state index contributed by atoms with van der Waals surface area (Å²) >= 11 is 5.94. The van der Waals surface area contributed by atoms with Crippen LogP contribution in [0, 0.1) is 11.3 Å². The van der Waals surface area contributed by atoms with Gasteiger partial charge in [0.05, 0.1) is 49.6 Å². The number of aromatic nitrogens is 1. The predicted octanol–water partition coefficient (Wildman–Crippen LogP) is 4.96. The van der Waals surface area contributed by atoms with Crippen LogP contribution in [-0.2, 0) is 49.6 Å². The number of hydrogen-bond acceptors (Lipinski definition) is 8. The lowest BCUT2D eigenvalue weighted by Crippen LogP contribution is -2.41. The minimum atomic E-state index is -0.531. The maximum absolute atomic E-state index is 12.1. The lowest BCUT2D eigenvalue weighted by Gasteiger charge is -2.32. The Morgan fingerprint density at radius 3 is 2.44 bits per heavy atom. The quantitative estimate of drug-likeness (QED) is 0.137. The molecule has 8 nitrogen and oxygen atoms in total. The van der Waals surface area contributed by atoms with Crippen LogP contribution in [-0.4, -0.2) is 43.0 Å². The smallest absolute Gasteiger partial charge is 0.473 e. The van der Waals surface area contributed by atoms with E-state index >= 15 is 0 Å². The molecule has 1 aromatic heterocycles. The molecule has 41 heavy (non-hydrogen) atoms. The summed E-state index contributed by atoms with van der Waals surface area (Å²) in [4.78, 5) is 16.2. The fraction of sp³-hybridized carbons (Fsp3) is 0.387. The molecule has 2 heterocycles. The van der Waals surface area contributed by atoms with Gasteiger partial charge in [-0.3, -0.25) is 4.79 Å². The first-order valence-electron chi connectivity index (χ1n) is 13.4. The maximum Gasteiger partial charge on any atom is 0.494 e. The fourth-order valence-corrected chi connectivity index (χ4v) is 4.51. The monoisotopic (exact) mass is 576 g/mol. The molecular weight excluding hydrogens is 543 g/mol. The largest absolute Gasteiger partial charge is 0.494 e.